The summed E-state index contributed by atoms with van der Waals surface area (Å²) < 4.78 is 0. The van der Waals surface area contributed by atoms with Crippen LogP contribution in [0.5, 0.6) is 0 Å². The van der Waals surface area contributed by atoms with Gasteiger partial charge in [0.05, 0.1) is 11.8 Å². The Kier molecular flexibility index (Phi) is 3.80. The van der Waals surface area contributed by atoms with Crippen LogP contribution >= 0.6 is 0 Å². The van der Waals surface area contributed by atoms with Crippen LogP contribution in [-0.2, 0) is 6.42 Å². The number of carbonyl (C=O) groups is 1. The highest BCUT2D eigenvalue weighted by Crippen LogP contribution is 2.31. The summed E-state index contributed by atoms with van der Waals surface area (Å²) in [6.07, 6.45) is 0.541. The molecule has 1 aliphatic carbocycles. The zero-order chi connectivity index (χ0) is 15.0. The lowest BCUT2D eigenvalue weighted by molar-refractivity contribution is 0.0203. The number of fused-ring (bicyclic) bond motifs is 3. The standard InChI is InChI=1S/C16H20N2O3/c1-17-8-14(20)16(21)9-5-6-12-11(7-9)10-3-2-4-13(19)15(10)18-12/h5-7,14,16-18,20-21H,2-4,8H2,1H3. The molecule has 1 aromatic carbocycles. The summed E-state index contributed by atoms with van der Waals surface area (Å²) >= 11 is 0. The van der Waals surface area contributed by atoms with Gasteiger partial charge in [0.25, 0.3) is 0 Å². The molecule has 0 spiro atoms. The van der Waals surface area contributed by atoms with Crippen LogP contribution in [-0.4, -0.2) is 40.7 Å². The molecule has 0 radical (unpaired) electrons. The molecule has 0 saturated carbocycles. The van der Waals surface area contributed by atoms with E-state index in [2.05, 4.69) is 10.3 Å². The number of aromatic nitrogens is 1. The smallest absolute Gasteiger partial charge is 0.179 e. The van der Waals surface area contributed by atoms with Gasteiger partial charge in [-0.15, -0.1) is 0 Å². The van der Waals surface area contributed by atoms with E-state index in [0.29, 0.717) is 24.2 Å². The van der Waals surface area contributed by atoms with E-state index in [1.165, 1.54) is 0 Å². The quantitative estimate of drug-likeness (QED) is 0.683. The van der Waals surface area contributed by atoms with Gasteiger partial charge in [-0.3, -0.25) is 4.79 Å². The van der Waals surface area contributed by atoms with Crippen LogP contribution in [0.25, 0.3) is 10.9 Å². The van der Waals surface area contributed by atoms with Gasteiger partial charge in [-0.25, -0.2) is 0 Å². The molecule has 0 amide bonds. The van der Waals surface area contributed by atoms with Crippen molar-refractivity contribution in [1.82, 2.24) is 10.3 Å². The minimum atomic E-state index is -0.938. The molecule has 5 heteroatoms. The number of rotatable bonds is 4. The maximum atomic E-state index is 11.9. The first-order valence-electron chi connectivity index (χ1n) is 7.30. The van der Waals surface area contributed by atoms with Crippen LogP contribution in [0.15, 0.2) is 18.2 Å². The fourth-order valence-electron chi connectivity index (χ4n) is 3.04. The van der Waals surface area contributed by atoms with Gasteiger partial charge in [0.2, 0.25) is 0 Å². The molecule has 1 aliphatic rings. The van der Waals surface area contributed by atoms with Gasteiger partial charge in [0.15, 0.2) is 5.78 Å². The monoisotopic (exact) mass is 288 g/mol. The fraction of sp³-hybridized carbons (Fsp3) is 0.438. The number of aliphatic hydroxyl groups excluding tert-OH is 2. The number of aromatic amines is 1. The van der Waals surface area contributed by atoms with Gasteiger partial charge in [0, 0.05) is 23.9 Å². The summed E-state index contributed by atoms with van der Waals surface area (Å²) in [6.45, 7) is 0.322. The minimum Gasteiger partial charge on any atom is -0.389 e. The van der Waals surface area contributed by atoms with Crippen molar-refractivity contribution in [2.75, 3.05) is 13.6 Å². The molecule has 2 unspecified atom stereocenters. The number of Topliss-reactive ketones (excluding diaryl/α,β-unsaturated/α-hetero) is 1. The third-order valence-electron chi connectivity index (χ3n) is 4.16. The summed E-state index contributed by atoms with van der Waals surface area (Å²) in [6, 6.07) is 5.54. The number of benzene rings is 1. The van der Waals surface area contributed by atoms with Crippen molar-refractivity contribution < 1.29 is 15.0 Å². The Morgan fingerprint density at radius 3 is 2.90 bits per heavy atom. The molecule has 3 rings (SSSR count). The summed E-state index contributed by atoms with van der Waals surface area (Å²) in [4.78, 5) is 15.1. The Labute approximate surface area is 123 Å². The van der Waals surface area contributed by atoms with Gasteiger partial charge in [-0.05, 0) is 43.1 Å². The summed E-state index contributed by atoms with van der Waals surface area (Å²) in [7, 11) is 1.73. The zero-order valence-corrected chi connectivity index (χ0v) is 12.0. The van der Waals surface area contributed by atoms with Crippen LogP contribution in [0.1, 0.15) is 40.6 Å². The van der Waals surface area contributed by atoms with E-state index in [1.807, 2.05) is 12.1 Å². The van der Waals surface area contributed by atoms with Crippen LogP contribution in [0.2, 0.25) is 0 Å². The van der Waals surface area contributed by atoms with E-state index in [9.17, 15) is 15.0 Å². The number of H-pyrrole nitrogens is 1. The molecule has 1 heterocycles. The van der Waals surface area contributed by atoms with Gasteiger partial charge in [0.1, 0.15) is 6.10 Å². The Morgan fingerprint density at radius 2 is 2.14 bits per heavy atom. The summed E-state index contributed by atoms with van der Waals surface area (Å²) in [5.41, 5.74) is 3.33. The molecule has 21 heavy (non-hydrogen) atoms. The van der Waals surface area contributed by atoms with Gasteiger partial charge in [-0.1, -0.05) is 6.07 Å². The lowest BCUT2D eigenvalue weighted by atomic mass is 9.93. The first-order chi connectivity index (χ1) is 10.1. The average Bonchev–Trinajstić information content (AvgIpc) is 2.86. The second kappa shape index (κ2) is 5.60. The molecule has 0 fully saturated rings. The molecule has 0 aliphatic heterocycles. The van der Waals surface area contributed by atoms with E-state index in [4.69, 9.17) is 0 Å². The Balaban J connectivity index is 2.02. The predicted molar refractivity (Wildman–Crippen MR) is 80.5 cm³/mol. The third-order valence-corrected chi connectivity index (χ3v) is 4.16. The van der Waals surface area contributed by atoms with Crippen LogP contribution in [0.3, 0.4) is 0 Å². The molecule has 5 nitrogen and oxygen atoms in total. The topological polar surface area (TPSA) is 85.3 Å². The minimum absolute atomic E-state index is 0.157. The number of hydrogen-bond donors (Lipinski definition) is 4. The van der Waals surface area contributed by atoms with Crippen LogP contribution < -0.4 is 5.32 Å². The van der Waals surface area contributed by atoms with Gasteiger partial charge < -0.3 is 20.5 Å². The maximum absolute atomic E-state index is 11.9. The number of ketones is 1. The third kappa shape index (κ3) is 2.48. The molecular weight excluding hydrogens is 268 g/mol. The molecule has 0 bridgehead atoms. The van der Waals surface area contributed by atoms with E-state index in [1.54, 1.807) is 13.1 Å². The van der Waals surface area contributed by atoms with Crippen molar-refractivity contribution >= 4 is 16.7 Å². The van der Waals surface area contributed by atoms with Crippen molar-refractivity contribution in [3.8, 4) is 0 Å². The highest BCUT2D eigenvalue weighted by atomic mass is 16.3. The Morgan fingerprint density at radius 1 is 1.33 bits per heavy atom. The van der Waals surface area contributed by atoms with Crippen molar-refractivity contribution in [3.63, 3.8) is 0 Å². The Bertz CT molecular complexity index is 677. The van der Waals surface area contributed by atoms with E-state index in [0.717, 1.165) is 29.3 Å². The van der Waals surface area contributed by atoms with Crippen molar-refractivity contribution in [2.24, 2.45) is 0 Å². The molecule has 0 saturated heterocycles. The van der Waals surface area contributed by atoms with Gasteiger partial charge in [-0.2, -0.15) is 0 Å². The highest BCUT2D eigenvalue weighted by molar-refractivity contribution is 6.03. The average molecular weight is 288 g/mol. The lowest BCUT2D eigenvalue weighted by Crippen LogP contribution is -2.29. The molecule has 2 atom stereocenters. The number of likely N-dealkylation sites (N-methyl/N-ethyl adjacent to an activating group) is 1. The first-order valence-corrected chi connectivity index (χ1v) is 7.30. The predicted octanol–water partition coefficient (Wildman–Crippen LogP) is 1.30. The number of aryl methyl sites for hydroxylation is 1. The fourth-order valence-corrected chi connectivity index (χ4v) is 3.04. The zero-order valence-electron chi connectivity index (χ0n) is 12.0. The SMILES string of the molecule is CNCC(O)C(O)c1ccc2[nH]c3c(c2c1)CCCC3=O. The number of hydrogen-bond acceptors (Lipinski definition) is 4. The molecule has 1 aromatic heterocycles. The van der Waals surface area contributed by atoms with Crippen molar-refractivity contribution in [2.45, 2.75) is 31.5 Å². The molecule has 4 N–H and O–H groups in total. The number of carbonyl (C=O) groups excluding carboxylic acids is 1. The van der Waals surface area contributed by atoms with Crippen LogP contribution in [0.4, 0.5) is 0 Å². The molecule has 2 aromatic rings. The number of aliphatic hydroxyl groups is 2. The van der Waals surface area contributed by atoms with Gasteiger partial charge >= 0.3 is 0 Å². The van der Waals surface area contributed by atoms with E-state index < -0.39 is 12.2 Å². The second-order valence-corrected chi connectivity index (χ2v) is 5.63. The normalized spacial score (nSPS) is 17.8. The Hall–Kier alpha value is -1.69. The molecule has 112 valence electrons. The summed E-state index contributed by atoms with van der Waals surface area (Å²) in [5.74, 6) is 0.157. The first kappa shape index (κ1) is 14.3. The summed E-state index contributed by atoms with van der Waals surface area (Å²) in [5, 5.41) is 23.9. The van der Waals surface area contributed by atoms with E-state index >= 15 is 0 Å². The van der Waals surface area contributed by atoms with Crippen molar-refractivity contribution in [3.05, 3.63) is 35.0 Å². The van der Waals surface area contributed by atoms with E-state index in [-0.39, 0.29) is 5.78 Å². The highest BCUT2D eigenvalue weighted by Gasteiger charge is 2.23. The maximum Gasteiger partial charge on any atom is 0.179 e. The molecular formula is C16H20N2O3. The van der Waals surface area contributed by atoms with Crippen LogP contribution in [0, 0.1) is 0 Å². The largest absolute Gasteiger partial charge is 0.389 e. The number of nitrogens with one attached hydrogen (secondary N) is 2. The lowest BCUT2D eigenvalue weighted by Gasteiger charge is -2.18. The van der Waals surface area contributed by atoms with Crippen molar-refractivity contribution in [1.29, 1.82) is 0 Å². The second-order valence-electron chi connectivity index (χ2n) is 5.63.